The van der Waals surface area contributed by atoms with Crippen molar-refractivity contribution >= 4 is 23.5 Å². The maximum Gasteiger partial charge on any atom is 0.0194 e. The molecule has 0 amide bonds. The van der Waals surface area contributed by atoms with Gasteiger partial charge in [-0.15, -0.1) is 0 Å². The molecule has 0 saturated carbocycles. The second kappa shape index (κ2) is 6.17. The average Bonchev–Trinajstić information content (AvgIpc) is 2.50. The Balaban J connectivity index is 2.20. The lowest BCUT2D eigenvalue weighted by molar-refractivity contribution is 0.428. The predicted octanol–water partition coefficient (Wildman–Crippen LogP) is 2.08. The van der Waals surface area contributed by atoms with Crippen molar-refractivity contribution in [2.75, 3.05) is 30.1 Å². The monoisotopic (exact) mass is 205 g/mol. The summed E-state index contributed by atoms with van der Waals surface area (Å²) in [4.78, 5) is 0. The molecule has 1 rings (SSSR count). The molecule has 0 aromatic heterocycles. The van der Waals surface area contributed by atoms with Crippen molar-refractivity contribution in [3.63, 3.8) is 0 Å². The molecule has 0 aromatic carbocycles. The van der Waals surface area contributed by atoms with E-state index in [9.17, 15) is 0 Å². The highest BCUT2D eigenvalue weighted by Gasteiger charge is 2.25. The van der Waals surface area contributed by atoms with Crippen molar-refractivity contribution in [2.45, 2.75) is 19.4 Å². The van der Waals surface area contributed by atoms with Crippen LogP contribution in [0.2, 0.25) is 0 Å². The fraction of sp³-hybridized carbons (Fsp3) is 1.00. The number of hydrogen-bond donors (Lipinski definition) is 1. The maximum absolute atomic E-state index is 3.57. The molecule has 1 aliphatic heterocycles. The minimum Gasteiger partial charge on any atom is -0.313 e. The molecule has 1 saturated heterocycles. The van der Waals surface area contributed by atoms with E-state index in [0.717, 1.165) is 18.5 Å². The molecule has 1 aliphatic rings. The van der Waals surface area contributed by atoms with E-state index in [2.05, 4.69) is 30.3 Å². The predicted molar refractivity (Wildman–Crippen MR) is 61.3 cm³/mol. The summed E-state index contributed by atoms with van der Waals surface area (Å²) in [5.41, 5.74) is 0. The highest BCUT2D eigenvalue weighted by molar-refractivity contribution is 7.99. The van der Waals surface area contributed by atoms with Crippen molar-refractivity contribution in [1.82, 2.24) is 5.32 Å². The van der Waals surface area contributed by atoms with Crippen LogP contribution in [0.3, 0.4) is 0 Å². The van der Waals surface area contributed by atoms with Crippen LogP contribution in [0, 0.1) is 5.92 Å². The highest BCUT2D eigenvalue weighted by Crippen LogP contribution is 2.27. The van der Waals surface area contributed by atoms with Gasteiger partial charge in [0.2, 0.25) is 0 Å². The first-order valence-corrected chi connectivity index (χ1v) is 7.23. The largest absolute Gasteiger partial charge is 0.313 e. The standard InChI is InChI=1S/C9H19NS2/c1-3-10-9-7-12-6-8(9)4-5-11-2/h8-10H,3-7H2,1-2H3. The van der Waals surface area contributed by atoms with Crippen LogP contribution < -0.4 is 5.32 Å². The summed E-state index contributed by atoms with van der Waals surface area (Å²) in [6, 6.07) is 0.798. The zero-order valence-electron chi connectivity index (χ0n) is 8.01. The van der Waals surface area contributed by atoms with Crippen molar-refractivity contribution in [1.29, 1.82) is 0 Å². The molecule has 1 fully saturated rings. The Morgan fingerprint density at radius 1 is 1.50 bits per heavy atom. The summed E-state index contributed by atoms with van der Waals surface area (Å²) in [5.74, 6) is 4.96. The van der Waals surface area contributed by atoms with Crippen molar-refractivity contribution in [3.8, 4) is 0 Å². The van der Waals surface area contributed by atoms with Gasteiger partial charge in [0, 0.05) is 11.8 Å². The minimum absolute atomic E-state index is 0.798. The summed E-state index contributed by atoms with van der Waals surface area (Å²) >= 11 is 4.08. The molecule has 0 aromatic rings. The summed E-state index contributed by atoms with van der Waals surface area (Å²) in [5, 5.41) is 3.57. The van der Waals surface area contributed by atoms with E-state index in [4.69, 9.17) is 0 Å². The van der Waals surface area contributed by atoms with Gasteiger partial charge < -0.3 is 5.32 Å². The van der Waals surface area contributed by atoms with Gasteiger partial charge >= 0.3 is 0 Å². The zero-order valence-corrected chi connectivity index (χ0v) is 9.64. The number of rotatable bonds is 5. The minimum atomic E-state index is 0.798. The van der Waals surface area contributed by atoms with Crippen LogP contribution in [0.5, 0.6) is 0 Å². The molecule has 1 N–H and O–H groups in total. The van der Waals surface area contributed by atoms with Crippen LogP contribution in [0.4, 0.5) is 0 Å². The van der Waals surface area contributed by atoms with Gasteiger partial charge in [-0.2, -0.15) is 23.5 Å². The second-order valence-electron chi connectivity index (χ2n) is 3.24. The first kappa shape index (κ1) is 10.7. The van der Waals surface area contributed by atoms with Crippen molar-refractivity contribution in [3.05, 3.63) is 0 Å². The normalized spacial score (nSPS) is 29.5. The number of thioether (sulfide) groups is 2. The Bertz CT molecular complexity index is 119. The van der Waals surface area contributed by atoms with Crippen LogP contribution >= 0.6 is 23.5 Å². The van der Waals surface area contributed by atoms with E-state index in [1.54, 1.807) is 0 Å². The van der Waals surface area contributed by atoms with Crippen LogP contribution in [-0.2, 0) is 0 Å². The Morgan fingerprint density at radius 2 is 2.33 bits per heavy atom. The first-order chi connectivity index (χ1) is 5.88. The fourth-order valence-electron chi connectivity index (χ4n) is 1.64. The lowest BCUT2D eigenvalue weighted by Crippen LogP contribution is -2.35. The molecular weight excluding hydrogens is 186 g/mol. The van der Waals surface area contributed by atoms with E-state index < -0.39 is 0 Å². The Hall–Kier alpha value is 0.660. The van der Waals surface area contributed by atoms with E-state index in [1.807, 2.05) is 11.8 Å². The lowest BCUT2D eigenvalue weighted by Gasteiger charge is -2.18. The van der Waals surface area contributed by atoms with Gasteiger partial charge in [0.05, 0.1) is 0 Å². The third-order valence-electron chi connectivity index (χ3n) is 2.36. The van der Waals surface area contributed by atoms with Gasteiger partial charge in [-0.1, -0.05) is 6.92 Å². The molecular formula is C9H19NS2. The molecule has 3 heteroatoms. The molecule has 0 radical (unpaired) electrons. The van der Waals surface area contributed by atoms with E-state index in [1.165, 1.54) is 23.7 Å². The van der Waals surface area contributed by atoms with Gasteiger partial charge in [0.1, 0.15) is 0 Å². The Labute approximate surface area is 84.4 Å². The molecule has 2 unspecified atom stereocenters. The third-order valence-corrected chi connectivity index (χ3v) is 4.26. The molecule has 0 bridgehead atoms. The topological polar surface area (TPSA) is 12.0 Å². The van der Waals surface area contributed by atoms with Gasteiger partial charge in [-0.25, -0.2) is 0 Å². The third kappa shape index (κ3) is 3.19. The summed E-state index contributed by atoms with van der Waals surface area (Å²) < 4.78 is 0. The van der Waals surface area contributed by atoms with Crippen molar-refractivity contribution < 1.29 is 0 Å². The van der Waals surface area contributed by atoms with Crippen LogP contribution in [0.25, 0.3) is 0 Å². The van der Waals surface area contributed by atoms with E-state index >= 15 is 0 Å². The molecule has 12 heavy (non-hydrogen) atoms. The molecule has 1 nitrogen and oxygen atoms in total. The quantitative estimate of drug-likeness (QED) is 0.738. The average molecular weight is 205 g/mol. The van der Waals surface area contributed by atoms with Gasteiger partial charge in [-0.3, -0.25) is 0 Å². The first-order valence-electron chi connectivity index (χ1n) is 4.68. The highest BCUT2D eigenvalue weighted by atomic mass is 32.2. The molecule has 2 atom stereocenters. The zero-order chi connectivity index (χ0) is 8.81. The smallest absolute Gasteiger partial charge is 0.0194 e. The Morgan fingerprint density at radius 3 is 3.00 bits per heavy atom. The lowest BCUT2D eigenvalue weighted by atomic mass is 10.0. The number of hydrogen-bond acceptors (Lipinski definition) is 3. The summed E-state index contributed by atoms with van der Waals surface area (Å²) in [6.07, 6.45) is 3.59. The summed E-state index contributed by atoms with van der Waals surface area (Å²) in [6.45, 7) is 3.33. The SMILES string of the molecule is CCNC1CSCC1CCSC. The van der Waals surface area contributed by atoms with Gasteiger partial charge in [-0.05, 0) is 36.6 Å². The molecule has 72 valence electrons. The van der Waals surface area contributed by atoms with Gasteiger partial charge in [0.15, 0.2) is 0 Å². The second-order valence-corrected chi connectivity index (χ2v) is 5.30. The van der Waals surface area contributed by atoms with Crippen molar-refractivity contribution in [2.24, 2.45) is 5.92 Å². The van der Waals surface area contributed by atoms with E-state index in [-0.39, 0.29) is 0 Å². The van der Waals surface area contributed by atoms with Gasteiger partial charge in [0.25, 0.3) is 0 Å². The fourth-order valence-corrected chi connectivity index (χ4v) is 3.66. The Kier molecular flexibility index (Phi) is 5.52. The molecule has 1 heterocycles. The molecule has 0 spiro atoms. The van der Waals surface area contributed by atoms with Crippen LogP contribution in [0.1, 0.15) is 13.3 Å². The van der Waals surface area contributed by atoms with E-state index in [0.29, 0.717) is 0 Å². The maximum atomic E-state index is 3.57. The number of nitrogens with one attached hydrogen (secondary N) is 1. The molecule has 0 aliphatic carbocycles. The summed E-state index contributed by atoms with van der Waals surface area (Å²) in [7, 11) is 0. The van der Waals surface area contributed by atoms with Crippen LogP contribution in [-0.4, -0.2) is 36.1 Å². The van der Waals surface area contributed by atoms with Crippen LogP contribution in [0.15, 0.2) is 0 Å².